The Labute approximate surface area is 385 Å². The molecule has 5 atom stereocenters. The van der Waals surface area contributed by atoms with Gasteiger partial charge in [0.25, 0.3) is 0 Å². The second kappa shape index (κ2) is 15.7. The predicted molar refractivity (Wildman–Crippen MR) is 277 cm³/mol. The molecule has 0 heterocycles. The molecule has 6 heteroatoms. The first kappa shape index (κ1) is 40.9. The highest BCUT2D eigenvalue weighted by atomic mass is 15.1. The first-order chi connectivity index (χ1) is 31.0. The molecule has 3 aliphatic rings. The van der Waals surface area contributed by atoms with Crippen LogP contribution in [0.4, 0.5) is 17.1 Å². The molecule has 8 aromatic carbocycles. The molecular formula is C58H46B5N. The van der Waals surface area contributed by atoms with Crippen LogP contribution in [-0.2, 0) is 5.41 Å². The zero-order valence-electron chi connectivity index (χ0n) is 36.9. The van der Waals surface area contributed by atoms with Gasteiger partial charge in [0.15, 0.2) is 0 Å². The average Bonchev–Trinajstić information content (AvgIpc) is 3.60. The number of rotatable bonds is 6. The summed E-state index contributed by atoms with van der Waals surface area (Å²) < 4.78 is 0. The summed E-state index contributed by atoms with van der Waals surface area (Å²) in [5, 5.41) is 2.40. The Morgan fingerprint density at radius 2 is 0.969 bits per heavy atom. The maximum absolute atomic E-state index is 6.70. The smallest absolute Gasteiger partial charge is 0.113 e. The lowest BCUT2D eigenvalue weighted by atomic mass is 9.49. The van der Waals surface area contributed by atoms with E-state index in [-0.39, 0.29) is 21.8 Å². The molecule has 11 rings (SSSR count). The highest BCUT2D eigenvalue weighted by Gasteiger charge is 2.56. The lowest BCUT2D eigenvalue weighted by Crippen LogP contribution is -2.55. The molecule has 0 aliphatic heterocycles. The van der Waals surface area contributed by atoms with Gasteiger partial charge in [0, 0.05) is 22.5 Å². The van der Waals surface area contributed by atoms with Crippen LogP contribution in [0, 0.1) is 30.6 Å². The van der Waals surface area contributed by atoms with Gasteiger partial charge in [0.2, 0.25) is 0 Å². The molecule has 0 saturated heterocycles. The topological polar surface area (TPSA) is 3.24 Å². The van der Waals surface area contributed by atoms with Crippen molar-refractivity contribution >= 4 is 94.4 Å². The molecule has 2 fully saturated rings. The van der Waals surface area contributed by atoms with Gasteiger partial charge in [-0.15, -0.1) is 16.4 Å². The summed E-state index contributed by atoms with van der Waals surface area (Å²) in [7, 11) is 32.5. The number of fused-ring (bicyclic) bond motifs is 9. The minimum Gasteiger partial charge on any atom is -0.310 e. The molecule has 10 radical (unpaired) electrons. The van der Waals surface area contributed by atoms with E-state index >= 15 is 0 Å². The molecule has 2 bridgehead atoms. The molecule has 3 aliphatic carbocycles. The fourth-order valence-corrected chi connectivity index (χ4v) is 12.4. The first-order valence-corrected chi connectivity index (χ1v) is 22.9. The van der Waals surface area contributed by atoms with Gasteiger partial charge in [-0.25, -0.2) is 0 Å². The highest BCUT2D eigenvalue weighted by molar-refractivity contribution is 6.68. The fraction of sp³-hybridized carbons (Fsp3) is 0.207. The number of anilines is 3. The predicted octanol–water partition coefficient (Wildman–Crippen LogP) is 9.95. The maximum Gasteiger partial charge on any atom is 0.113 e. The molecule has 2 saturated carbocycles. The Morgan fingerprint density at radius 1 is 0.453 bits per heavy atom. The summed E-state index contributed by atoms with van der Waals surface area (Å²) in [6.45, 7) is 7.09. The zero-order chi connectivity index (χ0) is 44.0. The molecule has 298 valence electrons. The third-order valence-corrected chi connectivity index (χ3v) is 15.3. The van der Waals surface area contributed by atoms with Crippen LogP contribution < -0.4 is 32.2 Å². The van der Waals surface area contributed by atoms with Gasteiger partial charge in [0.05, 0.1) is 0 Å². The van der Waals surface area contributed by atoms with Crippen LogP contribution in [0.3, 0.4) is 0 Å². The minimum atomic E-state index is -0.166. The number of aryl methyl sites for hydroxylation is 1. The van der Waals surface area contributed by atoms with Crippen LogP contribution in [0.15, 0.2) is 152 Å². The van der Waals surface area contributed by atoms with E-state index in [0.717, 1.165) is 28.5 Å². The van der Waals surface area contributed by atoms with E-state index in [2.05, 4.69) is 177 Å². The summed E-state index contributed by atoms with van der Waals surface area (Å²) in [6, 6.07) is 56.0. The van der Waals surface area contributed by atoms with E-state index < -0.39 is 0 Å². The van der Waals surface area contributed by atoms with E-state index in [4.69, 9.17) is 39.2 Å². The van der Waals surface area contributed by atoms with E-state index in [0.29, 0.717) is 34.2 Å². The monoisotopic (exact) mass is 811 g/mol. The van der Waals surface area contributed by atoms with Crippen molar-refractivity contribution in [2.45, 2.75) is 51.9 Å². The van der Waals surface area contributed by atoms with E-state index in [1.54, 1.807) is 0 Å². The van der Waals surface area contributed by atoms with Gasteiger partial charge in [-0.1, -0.05) is 127 Å². The molecule has 64 heavy (non-hydrogen) atoms. The summed E-state index contributed by atoms with van der Waals surface area (Å²) in [4.78, 5) is 2.35. The van der Waals surface area contributed by atoms with Gasteiger partial charge < -0.3 is 4.90 Å². The molecule has 0 amide bonds. The van der Waals surface area contributed by atoms with Crippen LogP contribution in [0.2, 0.25) is 0 Å². The van der Waals surface area contributed by atoms with Crippen molar-refractivity contribution in [2.75, 3.05) is 4.90 Å². The van der Waals surface area contributed by atoms with Crippen molar-refractivity contribution in [3.05, 3.63) is 168 Å². The maximum atomic E-state index is 6.70. The van der Waals surface area contributed by atoms with E-state index in [9.17, 15) is 0 Å². The van der Waals surface area contributed by atoms with Crippen molar-refractivity contribution in [1.82, 2.24) is 0 Å². The Morgan fingerprint density at radius 3 is 1.66 bits per heavy atom. The highest BCUT2D eigenvalue weighted by Crippen LogP contribution is 2.65. The molecule has 0 N–H and O–H groups in total. The third-order valence-electron chi connectivity index (χ3n) is 15.3. The first-order valence-electron chi connectivity index (χ1n) is 22.9. The van der Waals surface area contributed by atoms with Gasteiger partial charge >= 0.3 is 0 Å². The number of benzene rings is 8. The van der Waals surface area contributed by atoms with Crippen LogP contribution in [0.1, 0.15) is 56.2 Å². The number of nitrogens with zero attached hydrogens (tertiary/aromatic N) is 1. The van der Waals surface area contributed by atoms with E-state index in [1.165, 1.54) is 86.5 Å². The Kier molecular flexibility index (Phi) is 10.0. The average molecular weight is 811 g/mol. The lowest BCUT2D eigenvalue weighted by molar-refractivity contribution is 0.0426. The van der Waals surface area contributed by atoms with Crippen molar-refractivity contribution in [3.63, 3.8) is 0 Å². The molecule has 8 aromatic rings. The van der Waals surface area contributed by atoms with E-state index in [1.807, 2.05) is 0 Å². The van der Waals surface area contributed by atoms with Gasteiger partial charge in [-0.05, 0) is 177 Å². The SMILES string of the molecule is [B]c1c([B])c([B])c(-c2ccc3c(c2)C2(c4cc(-c5ccc6cc(N(c7ccc(C)cc7)c7ccc(-c8ccccc8)cc7)ccc6c5)ccc4-3)C(C)CC3CC(C)CC2C3)c([B])c1[B]. The third kappa shape index (κ3) is 6.49. The van der Waals surface area contributed by atoms with Crippen molar-refractivity contribution in [2.24, 2.45) is 23.7 Å². The quantitative estimate of drug-likeness (QED) is 0.151. The molecule has 5 unspecified atom stereocenters. The lowest BCUT2D eigenvalue weighted by Gasteiger charge is -2.54. The molecule has 1 nitrogen and oxygen atoms in total. The van der Waals surface area contributed by atoms with Crippen molar-refractivity contribution in [1.29, 1.82) is 0 Å². The number of hydrogen-bond acceptors (Lipinski definition) is 1. The van der Waals surface area contributed by atoms with Crippen LogP contribution in [0.5, 0.6) is 0 Å². The van der Waals surface area contributed by atoms with Gasteiger partial charge in [0.1, 0.15) is 39.2 Å². The normalized spacial score (nSPS) is 20.9. The Bertz CT molecular complexity index is 3090. The second-order valence-corrected chi connectivity index (χ2v) is 19.2. The van der Waals surface area contributed by atoms with Crippen LogP contribution in [-0.4, -0.2) is 39.2 Å². The van der Waals surface area contributed by atoms with Crippen LogP contribution >= 0.6 is 0 Å². The molecule has 0 aromatic heterocycles. The molecular weight excluding hydrogens is 765 g/mol. The van der Waals surface area contributed by atoms with Gasteiger partial charge in [-0.3, -0.25) is 0 Å². The summed E-state index contributed by atoms with van der Waals surface area (Å²) in [5.41, 5.74) is 17.9. The summed E-state index contributed by atoms with van der Waals surface area (Å²) in [6.07, 6.45) is 4.96. The standard InChI is InChI=1S/C58H46B5N/c1-33-9-18-45(19-10-33)64(46-20-13-38(14-21-46)37-7-5-4-6-8-37)47-22-15-40-29-39(11-12-41(40)30-47)42-16-23-48-49-24-17-43(52-53(59)55(61)57(63)56(62)54(52)60)32-51(49)58(50(48)31-42)35(3)27-36-25-34(2)26-44(58)28-36/h4-24,29-32,34-36,44H,25-28H2,1-3H3. The summed E-state index contributed by atoms with van der Waals surface area (Å²) in [5.74, 6) is 2.37. The Hall–Kier alpha value is -5.86. The largest absolute Gasteiger partial charge is 0.310 e. The van der Waals surface area contributed by atoms with Gasteiger partial charge in [-0.2, -0.15) is 0 Å². The Balaban J connectivity index is 0.998. The molecule has 1 spiro atoms. The number of hydrogen-bond donors (Lipinski definition) is 0. The zero-order valence-corrected chi connectivity index (χ0v) is 36.9. The fourth-order valence-electron chi connectivity index (χ4n) is 12.4. The van der Waals surface area contributed by atoms with Crippen LogP contribution in [0.25, 0.3) is 55.3 Å². The second-order valence-electron chi connectivity index (χ2n) is 19.2. The van der Waals surface area contributed by atoms with Crippen molar-refractivity contribution < 1.29 is 0 Å². The van der Waals surface area contributed by atoms with Crippen molar-refractivity contribution in [3.8, 4) is 44.5 Å². The summed E-state index contributed by atoms with van der Waals surface area (Å²) >= 11 is 0. The minimum absolute atomic E-state index is 0.166.